The van der Waals surface area contributed by atoms with Crippen molar-refractivity contribution in [2.24, 2.45) is 0 Å². The molecule has 0 saturated heterocycles. The summed E-state index contributed by atoms with van der Waals surface area (Å²) < 4.78 is 0. The largest absolute Gasteiger partial charge is 0.325 e. The molecule has 6 heteroatoms. The first-order chi connectivity index (χ1) is 12.5. The van der Waals surface area contributed by atoms with Gasteiger partial charge in [0.2, 0.25) is 5.91 Å². The van der Waals surface area contributed by atoms with Crippen LogP contribution in [0, 0.1) is 13.8 Å². The molecule has 0 radical (unpaired) electrons. The summed E-state index contributed by atoms with van der Waals surface area (Å²) in [5, 5.41) is 3.44. The maximum Gasteiger partial charge on any atom is 0.258 e. The molecule has 0 spiro atoms. The van der Waals surface area contributed by atoms with Crippen molar-refractivity contribution in [1.29, 1.82) is 0 Å². The quantitative estimate of drug-likeness (QED) is 0.715. The number of carbonyl (C=O) groups is 1. The van der Waals surface area contributed by atoms with Crippen LogP contribution in [0.3, 0.4) is 0 Å². The number of nitrogens with zero attached hydrogens (tertiary/aromatic N) is 1. The average molecular weight is 367 g/mol. The number of hydrogen-bond donors (Lipinski definition) is 2. The van der Waals surface area contributed by atoms with Gasteiger partial charge in [-0.1, -0.05) is 30.3 Å². The van der Waals surface area contributed by atoms with Crippen LogP contribution < -0.4 is 10.9 Å². The summed E-state index contributed by atoms with van der Waals surface area (Å²) >= 11 is 1.44. The van der Waals surface area contributed by atoms with Crippen LogP contribution in [0.4, 0.5) is 5.69 Å². The summed E-state index contributed by atoms with van der Waals surface area (Å²) in [6.07, 6.45) is 0. The number of anilines is 1. The zero-order valence-corrected chi connectivity index (χ0v) is 15.8. The van der Waals surface area contributed by atoms with Gasteiger partial charge in [-0.3, -0.25) is 9.59 Å². The van der Waals surface area contributed by atoms with Crippen LogP contribution in [0.25, 0.3) is 10.9 Å². The third kappa shape index (κ3) is 3.96. The lowest BCUT2D eigenvalue weighted by atomic mass is 10.1. The van der Waals surface area contributed by atoms with Gasteiger partial charge in [0.1, 0.15) is 5.82 Å². The number of amides is 1. The summed E-state index contributed by atoms with van der Waals surface area (Å²) in [6.45, 7) is 5.88. The Bertz CT molecular complexity index is 993. The summed E-state index contributed by atoms with van der Waals surface area (Å²) in [6, 6.07) is 13.2. The van der Waals surface area contributed by atoms with Gasteiger partial charge in [-0.15, -0.1) is 11.8 Å². The van der Waals surface area contributed by atoms with E-state index in [0.29, 0.717) is 16.7 Å². The highest BCUT2D eigenvalue weighted by Gasteiger charge is 2.14. The van der Waals surface area contributed by atoms with Crippen LogP contribution in [0.1, 0.15) is 29.1 Å². The summed E-state index contributed by atoms with van der Waals surface area (Å²) in [7, 11) is 0. The first-order valence-electron chi connectivity index (χ1n) is 8.42. The van der Waals surface area contributed by atoms with Crippen LogP contribution in [-0.2, 0) is 4.79 Å². The third-order valence-corrected chi connectivity index (χ3v) is 5.38. The fourth-order valence-corrected chi connectivity index (χ4v) is 3.51. The van der Waals surface area contributed by atoms with Crippen molar-refractivity contribution >= 4 is 34.3 Å². The number of hydrogen-bond acceptors (Lipinski definition) is 4. The second kappa shape index (κ2) is 7.74. The lowest BCUT2D eigenvalue weighted by molar-refractivity contribution is -0.113. The van der Waals surface area contributed by atoms with Crippen molar-refractivity contribution in [3.05, 3.63) is 69.8 Å². The number of aromatic nitrogens is 2. The van der Waals surface area contributed by atoms with Gasteiger partial charge in [-0.25, -0.2) is 4.98 Å². The van der Waals surface area contributed by atoms with E-state index in [4.69, 9.17) is 0 Å². The first-order valence-corrected chi connectivity index (χ1v) is 9.47. The number of aryl methyl sites for hydroxylation is 2. The highest BCUT2D eigenvalue weighted by atomic mass is 32.2. The Kier molecular flexibility index (Phi) is 5.42. The van der Waals surface area contributed by atoms with Gasteiger partial charge >= 0.3 is 0 Å². The van der Waals surface area contributed by atoms with Gasteiger partial charge in [0.05, 0.1) is 21.9 Å². The summed E-state index contributed by atoms with van der Waals surface area (Å²) in [5.74, 6) is 0.798. The molecule has 134 valence electrons. The zero-order valence-electron chi connectivity index (χ0n) is 15.0. The number of H-pyrrole nitrogens is 1. The minimum atomic E-state index is -0.155. The van der Waals surface area contributed by atoms with E-state index in [-0.39, 0.29) is 22.5 Å². The molecule has 3 aromatic rings. The predicted molar refractivity (Wildman–Crippen MR) is 108 cm³/mol. The highest BCUT2D eigenvalue weighted by Crippen LogP contribution is 2.26. The van der Waals surface area contributed by atoms with E-state index in [0.717, 1.165) is 16.8 Å². The molecular formula is C20H21N3O2S. The van der Waals surface area contributed by atoms with E-state index < -0.39 is 0 Å². The summed E-state index contributed by atoms with van der Waals surface area (Å²) in [5.41, 5.74) is 3.45. The van der Waals surface area contributed by atoms with Crippen molar-refractivity contribution in [3.8, 4) is 0 Å². The molecule has 0 aliphatic carbocycles. The fraction of sp³-hybridized carbons (Fsp3) is 0.250. The van der Waals surface area contributed by atoms with E-state index in [1.807, 2.05) is 57.2 Å². The zero-order chi connectivity index (χ0) is 18.7. The molecule has 26 heavy (non-hydrogen) atoms. The molecule has 1 unspecified atom stereocenters. The second-order valence-electron chi connectivity index (χ2n) is 6.24. The van der Waals surface area contributed by atoms with Crippen LogP contribution in [0.15, 0.2) is 47.3 Å². The second-order valence-corrected chi connectivity index (χ2v) is 7.57. The molecule has 1 heterocycles. The molecule has 2 N–H and O–H groups in total. The number of rotatable bonds is 5. The van der Waals surface area contributed by atoms with E-state index >= 15 is 0 Å². The Morgan fingerprint density at radius 3 is 2.58 bits per heavy atom. The van der Waals surface area contributed by atoms with Crippen molar-refractivity contribution in [2.45, 2.75) is 26.0 Å². The van der Waals surface area contributed by atoms with Crippen molar-refractivity contribution < 1.29 is 4.79 Å². The normalized spacial score (nSPS) is 12.1. The minimum absolute atomic E-state index is 0.0672. The molecule has 3 rings (SSSR count). The van der Waals surface area contributed by atoms with E-state index in [1.54, 1.807) is 6.07 Å². The molecule has 5 nitrogen and oxygen atoms in total. The minimum Gasteiger partial charge on any atom is -0.325 e. The molecule has 0 aliphatic rings. The maximum absolute atomic E-state index is 12.3. The van der Waals surface area contributed by atoms with Gasteiger partial charge in [-0.2, -0.15) is 0 Å². The third-order valence-electron chi connectivity index (χ3n) is 4.23. The molecule has 2 aromatic carbocycles. The predicted octanol–water partition coefficient (Wildman–Crippen LogP) is 3.97. The van der Waals surface area contributed by atoms with Gasteiger partial charge in [0.15, 0.2) is 0 Å². The van der Waals surface area contributed by atoms with Crippen LogP contribution >= 0.6 is 11.8 Å². The Balaban J connectivity index is 1.68. The average Bonchev–Trinajstić information content (AvgIpc) is 2.63. The number of benzene rings is 2. The van der Waals surface area contributed by atoms with Gasteiger partial charge in [-0.05, 0) is 44.0 Å². The van der Waals surface area contributed by atoms with Crippen molar-refractivity contribution in [1.82, 2.24) is 9.97 Å². The summed E-state index contributed by atoms with van der Waals surface area (Å²) in [4.78, 5) is 31.8. The number of para-hydroxylation sites is 2. The molecule has 1 aromatic heterocycles. The van der Waals surface area contributed by atoms with E-state index in [9.17, 15) is 9.59 Å². The van der Waals surface area contributed by atoms with Crippen molar-refractivity contribution in [2.75, 3.05) is 11.1 Å². The topological polar surface area (TPSA) is 74.8 Å². The highest BCUT2D eigenvalue weighted by molar-refractivity contribution is 8.00. The number of fused-ring (bicyclic) bond motifs is 1. The number of nitrogens with one attached hydrogen (secondary N) is 2. The lowest BCUT2D eigenvalue weighted by Gasteiger charge is -2.13. The maximum atomic E-state index is 12.3. The number of thioether (sulfide) groups is 1. The Morgan fingerprint density at radius 1 is 1.15 bits per heavy atom. The number of carbonyl (C=O) groups excluding carboxylic acids is 1. The Labute approximate surface area is 156 Å². The van der Waals surface area contributed by atoms with E-state index in [2.05, 4.69) is 15.3 Å². The first kappa shape index (κ1) is 18.2. The van der Waals surface area contributed by atoms with Crippen LogP contribution in [0.2, 0.25) is 0 Å². The SMILES string of the molecule is Cc1cccc(C)c1NC(=O)CSC(C)c1nc2ccccc2c(=O)[nH]1. The molecule has 0 aliphatic heterocycles. The Hall–Kier alpha value is -2.60. The van der Waals surface area contributed by atoms with Gasteiger partial charge in [0, 0.05) is 5.69 Å². The van der Waals surface area contributed by atoms with Crippen molar-refractivity contribution in [3.63, 3.8) is 0 Å². The lowest BCUT2D eigenvalue weighted by Crippen LogP contribution is -2.17. The Morgan fingerprint density at radius 2 is 1.85 bits per heavy atom. The molecule has 1 amide bonds. The fourth-order valence-electron chi connectivity index (χ4n) is 2.76. The molecule has 1 atom stereocenters. The molecule has 0 bridgehead atoms. The monoisotopic (exact) mass is 367 g/mol. The molecular weight excluding hydrogens is 346 g/mol. The van der Waals surface area contributed by atoms with Gasteiger partial charge in [0.25, 0.3) is 5.56 Å². The van der Waals surface area contributed by atoms with Gasteiger partial charge < -0.3 is 10.3 Å². The molecule has 0 fully saturated rings. The number of aromatic amines is 1. The molecule has 0 saturated carbocycles. The van der Waals surface area contributed by atoms with Crippen LogP contribution in [-0.4, -0.2) is 21.6 Å². The smallest absolute Gasteiger partial charge is 0.258 e. The van der Waals surface area contributed by atoms with Crippen LogP contribution in [0.5, 0.6) is 0 Å². The standard InChI is InChI=1S/C20H21N3O2S/c1-12-7-6-8-13(2)18(12)22-17(24)11-26-14(3)19-21-16-10-5-4-9-15(16)20(25)23-19/h4-10,14H,11H2,1-3H3,(H,22,24)(H,21,23,25). The van der Waals surface area contributed by atoms with E-state index in [1.165, 1.54) is 11.8 Å².